The molecule has 0 fully saturated rings. The zero-order valence-electron chi connectivity index (χ0n) is 4.59. The molecular formula is C4H7N3O. The predicted molar refractivity (Wildman–Crippen MR) is 26.9 cm³/mol. The van der Waals surface area contributed by atoms with Crippen LogP contribution in [0.2, 0.25) is 0 Å². The first-order valence-corrected chi connectivity index (χ1v) is 2.32. The van der Waals surface area contributed by atoms with Gasteiger partial charge in [-0.3, -0.25) is 0 Å². The van der Waals surface area contributed by atoms with E-state index in [1.165, 1.54) is 0 Å². The molecule has 2 N–H and O–H groups in total. The smallest absolute Gasteiger partial charge is 0.121 e. The molecular weight excluding hydrogens is 106 g/mol. The second-order valence-corrected chi connectivity index (χ2v) is 1.50. The van der Waals surface area contributed by atoms with Crippen molar-refractivity contribution >= 4 is 0 Å². The third-order valence-electron chi connectivity index (χ3n) is 0.940. The summed E-state index contributed by atoms with van der Waals surface area (Å²) < 4.78 is 4.36. The van der Waals surface area contributed by atoms with Crippen LogP contribution in [0.5, 0.6) is 0 Å². The minimum atomic E-state index is 0.398. The Balaban J connectivity index is 2.92. The molecule has 0 aliphatic rings. The number of aromatic nitrogens is 2. The van der Waals surface area contributed by atoms with Crippen molar-refractivity contribution in [3.63, 3.8) is 0 Å². The van der Waals surface area contributed by atoms with Crippen LogP contribution in [0.25, 0.3) is 0 Å². The molecule has 0 aliphatic carbocycles. The fourth-order valence-corrected chi connectivity index (χ4v) is 0.435. The Morgan fingerprint density at radius 1 is 1.62 bits per heavy atom. The standard InChI is InChI=1S/C4H7N3O/c1-3-4(2-5)7-8-6-3/h2,5H2,1H3. The number of aryl methyl sites for hydroxylation is 1. The van der Waals surface area contributed by atoms with Crippen LogP contribution >= 0.6 is 0 Å². The van der Waals surface area contributed by atoms with Crippen molar-refractivity contribution < 1.29 is 4.63 Å². The summed E-state index contributed by atoms with van der Waals surface area (Å²) in [7, 11) is 0. The van der Waals surface area contributed by atoms with Crippen LogP contribution in [0, 0.1) is 6.92 Å². The first kappa shape index (κ1) is 5.24. The first-order chi connectivity index (χ1) is 3.84. The Labute approximate surface area is 46.6 Å². The van der Waals surface area contributed by atoms with E-state index in [4.69, 9.17) is 5.73 Å². The minimum Gasteiger partial charge on any atom is -0.325 e. The lowest BCUT2D eigenvalue weighted by Crippen LogP contribution is -1.97. The maximum Gasteiger partial charge on any atom is 0.121 e. The van der Waals surface area contributed by atoms with Crippen molar-refractivity contribution in [2.75, 3.05) is 0 Å². The molecule has 0 unspecified atom stereocenters. The summed E-state index contributed by atoms with van der Waals surface area (Å²) in [4.78, 5) is 0. The Kier molecular flexibility index (Phi) is 1.26. The molecule has 0 saturated heterocycles. The monoisotopic (exact) mass is 113 g/mol. The van der Waals surface area contributed by atoms with E-state index in [2.05, 4.69) is 14.9 Å². The summed E-state index contributed by atoms with van der Waals surface area (Å²) in [5.41, 5.74) is 6.73. The van der Waals surface area contributed by atoms with E-state index in [0.29, 0.717) is 6.54 Å². The molecule has 0 bridgehead atoms. The fraction of sp³-hybridized carbons (Fsp3) is 0.500. The molecule has 8 heavy (non-hydrogen) atoms. The number of rotatable bonds is 1. The van der Waals surface area contributed by atoms with E-state index >= 15 is 0 Å². The topological polar surface area (TPSA) is 64.9 Å². The summed E-state index contributed by atoms with van der Waals surface area (Å²) in [6.45, 7) is 2.20. The van der Waals surface area contributed by atoms with Gasteiger partial charge in [-0.25, -0.2) is 4.63 Å². The van der Waals surface area contributed by atoms with Crippen LogP contribution in [-0.4, -0.2) is 10.3 Å². The lowest BCUT2D eigenvalue weighted by molar-refractivity contribution is 0.301. The molecule has 4 nitrogen and oxygen atoms in total. The lowest BCUT2D eigenvalue weighted by atomic mass is 10.4. The first-order valence-electron chi connectivity index (χ1n) is 2.32. The molecule has 1 aromatic heterocycles. The Hall–Kier alpha value is -0.900. The molecule has 1 heterocycles. The highest BCUT2D eigenvalue weighted by atomic mass is 16.6. The largest absolute Gasteiger partial charge is 0.325 e. The van der Waals surface area contributed by atoms with Crippen LogP contribution in [0.1, 0.15) is 11.4 Å². The van der Waals surface area contributed by atoms with Gasteiger partial charge in [-0.05, 0) is 6.92 Å². The van der Waals surface area contributed by atoms with Crippen molar-refractivity contribution in [1.29, 1.82) is 0 Å². The second-order valence-electron chi connectivity index (χ2n) is 1.50. The van der Waals surface area contributed by atoms with Gasteiger partial charge in [0.1, 0.15) is 11.4 Å². The number of nitrogens with two attached hydrogens (primary N) is 1. The molecule has 1 rings (SSSR count). The lowest BCUT2D eigenvalue weighted by Gasteiger charge is -1.80. The van der Waals surface area contributed by atoms with Gasteiger partial charge in [0, 0.05) is 6.54 Å². The van der Waals surface area contributed by atoms with Crippen molar-refractivity contribution in [2.24, 2.45) is 5.73 Å². The maximum absolute atomic E-state index is 5.23. The predicted octanol–water partition coefficient (Wildman–Crippen LogP) is -0.163. The van der Waals surface area contributed by atoms with E-state index in [9.17, 15) is 0 Å². The van der Waals surface area contributed by atoms with Gasteiger partial charge in [-0.2, -0.15) is 0 Å². The number of hydrogen-bond acceptors (Lipinski definition) is 4. The van der Waals surface area contributed by atoms with E-state index in [1.54, 1.807) is 6.92 Å². The Bertz CT molecular complexity index is 172. The van der Waals surface area contributed by atoms with Crippen molar-refractivity contribution in [2.45, 2.75) is 13.5 Å². The molecule has 1 aromatic rings. The molecule has 0 radical (unpaired) electrons. The fourth-order valence-electron chi connectivity index (χ4n) is 0.435. The van der Waals surface area contributed by atoms with Gasteiger partial charge in [-0.15, -0.1) is 0 Å². The van der Waals surface area contributed by atoms with Gasteiger partial charge < -0.3 is 5.73 Å². The van der Waals surface area contributed by atoms with Crippen LogP contribution in [0.4, 0.5) is 0 Å². The number of nitrogens with zero attached hydrogens (tertiary/aromatic N) is 2. The van der Waals surface area contributed by atoms with Gasteiger partial charge in [0.25, 0.3) is 0 Å². The van der Waals surface area contributed by atoms with Crippen molar-refractivity contribution in [1.82, 2.24) is 10.3 Å². The van der Waals surface area contributed by atoms with Crippen molar-refractivity contribution in [3.8, 4) is 0 Å². The van der Waals surface area contributed by atoms with Crippen LogP contribution in [0.15, 0.2) is 4.63 Å². The summed E-state index contributed by atoms with van der Waals surface area (Å²) in [5.74, 6) is 0. The summed E-state index contributed by atoms with van der Waals surface area (Å²) >= 11 is 0. The maximum atomic E-state index is 5.23. The second kappa shape index (κ2) is 1.92. The normalized spacial score (nSPS) is 9.75. The van der Waals surface area contributed by atoms with Gasteiger partial charge in [0.05, 0.1) is 0 Å². The minimum absolute atomic E-state index is 0.398. The Morgan fingerprint density at radius 3 is 2.62 bits per heavy atom. The molecule has 0 atom stereocenters. The van der Waals surface area contributed by atoms with Gasteiger partial charge in [0.2, 0.25) is 0 Å². The van der Waals surface area contributed by atoms with Gasteiger partial charge in [-0.1, -0.05) is 10.3 Å². The van der Waals surface area contributed by atoms with Crippen LogP contribution in [-0.2, 0) is 6.54 Å². The highest BCUT2D eigenvalue weighted by molar-refractivity contribution is 5.02. The molecule has 0 spiro atoms. The third kappa shape index (κ3) is 0.696. The molecule has 0 aromatic carbocycles. The molecule has 4 heteroatoms. The molecule has 0 saturated carbocycles. The highest BCUT2D eigenvalue weighted by Crippen LogP contribution is 1.96. The molecule has 0 amide bonds. The summed E-state index contributed by atoms with van der Waals surface area (Å²) in [5, 5.41) is 7.04. The van der Waals surface area contributed by atoms with Crippen molar-refractivity contribution in [3.05, 3.63) is 11.4 Å². The van der Waals surface area contributed by atoms with Crippen LogP contribution in [0.3, 0.4) is 0 Å². The summed E-state index contributed by atoms with van der Waals surface area (Å²) in [6.07, 6.45) is 0. The molecule has 0 aliphatic heterocycles. The van der Waals surface area contributed by atoms with Gasteiger partial charge >= 0.3 is 0 Å². The number of hydrogen-bond donors (Lipinski definition) is 1. The third-order valence-corrected chi connectivity index (χ3v) is 0.940. The van der Waals surface area contributed by atoms with Crippen LogP contribution < -0.4 is 5.73 Å². The van der Waals surface area contributed by atoms with E-state index in [-0.39, 0.29) is 0 Å². The van der Waals surface area contributed by atoms with E-state index in [0.717, 1.165) is 11.4 Å². The van der Waals surface area contributed by atoms with E-state index < -0.39 is 0 Å². The quantitative estimate of drug-likeness (QED) is 0.549. The molecule has 44 valence electrons. The van der Waals surface area contributed by atoms with Gasteiger partial charge in [0.15, 0.2) is 0 Å². The average molecular weight is 113 g/mol. The highest BCUT2D eigenvalue weighted by Gasteiger charge is 1.98. The summed E-state index contributed by atoms with van der Waals surface area (Å²) in [6, 6.07) is 0. The Morgan fingerprint density at radius 2 is 2.38 bits per heavy atom. The zero-order valence-corrected chi connectivity index (χ0v) is 4.59. The SMILES string of the molecule is Cc1nonc1CN. The zero-order chi connectivity index (χ0) is 5.98. The average Bonchev–Trinajstić information content (AvgIpc) is 2.14. The van der Waals surface area contributed by atoms with E-state index in [1.807, 2.05) is 0 Å².